The number of carbonyl (C=O) groups is 17. The summed E-state index contributed by atoms with van der Waals surface area (Å²) >= 11 is 0. The van der Waals surface area contributed by atoms with E-state index >= 15 is 0 Å². The molecule has 131 heavy (non-hydrogen) atoms. The van der Waals surface area contributed by atoms with Gasteiger partial charge in [0.25, 0.3) is 6.04 Å². The summed E-state index contributed by atoms with van der Waals surface area (Å²) in [6, 6.07) is 0.541. The van der Waals surface area contributed by atoms with Crippen LogP contribution in [0.5, 0.6) is 0 Å². The molecule has 2 N–H and O–H groups in total. The number of likely N-dealkylation sites (tertiary alicyclic amines) is 1. The zero-order valence-corrected chi connectivity index (χ0v) is 75.0. The predicted octanol–water partition coefficient (Wildman–Crippen LogP) is -2.01. The van der Waals surface area contributed by atoms with Crippen LogP contribution in [0, 0.1) is 6.57 Å². The molecule has 0 aromatic heterocycles. The highest BCUT2D eigenvalue weighted by Crippen LogP contribution is 2.18. The second-order valence-corrected chi connectivity index (χ2v) is 30.6. The smallest absolute Gasteiger partial charge is 0.409 e. The molecule has 760 valence electrons. The monoisotopic (exact) mass is 1880 g/mol. The topological polar surface area (TPSA) is 424 Å². The molecule has 1 aliphatic carbocycles. The lowest BCUT2D eigenvalue weighted by molar-refractivity contribution is -0.133. The van der Waals surface area contributed by atoms with Gasteiger partial charge in [-0.05, 0) is 26.2 Å². The molecular weight excluding hydrogens is 1710 g/mol. The van der Waals surface area contributed by atoms with Gasteiger partial charge in [0.1, 0.15) is 0 Å². The molecule has 0 spiro atoms. The number of piperazine rings is 9. The molecule has 45 nitrogen and oxygen atoms in total. The Morgan fingerprint density at radius 1 is 0.366 bits per heavy atom. The van der Waals surface area contributed by atoms with Gasteiger partial charge < -0.3 is 113 Å². The quantitative estimate of drug-likeness (QED) is 0.0566. The maximum absolute atomic E-state index is 11.5. The number of hydrogen-bond acceptors (Lipinski definition) is 26. The molecule has 10 aliphatic heterocycles. The van der Waals surface area contributed by atoms with Gasteiger partial charge >= 0.3 is 18.2 Å². The van der Waals surface area contributed by atoms with Crippen molar-refractivity contribution in [1.29, 1.82) is 0 Å². The van der Waals surface area contributed by atoms with Crippen molar-refractivity contribution in [3.05, 3.63) is 11.4 Å². The first kappa shape index (κ1) is 131. The first-order chi connectivity index (χ1) is 59.7. The number of nitrogens with one attached hydrogen (secondary N) is 2. The van der Waals surface area contributed by atoms with Crippen LogP contribution >= 0.6 is 0 Å². The lowest BCUT2D eigenvalue weighted by Crippen LogP contribution is -2.50. The Balaban J connectivity index is -0.000000330. The summed E-state index contributed by atoms with van der Waals surface area (Å²) in [5.74, 6) is 0.358. The summed E-state index contributed by atoms with van der Waals surface area (Å²) in [7, 11) is 13.4. The van der Waals surface area contributed by atoms with E-state index in [-0.39, 0.29) is 99.9 Å². The van der Waals surface area contributed by atoms with Crippen LogP contribution in [0.15, 0.2) is 0 Å². The zero-order valence-electron chi connectivity index (χ0n) is 75.0. The summed E-state index contributed by atoms with van der Waals surface area (Å²) in [5, 5.41) is 5.54. The van der Waals surface area contributed by atoms with Crippen LogP contribution < -0.4 is 10.6 Å². The van der Waals surface area contributed by atoms with Gasteiger partial charge in [0.15, 0.2) is 0 Å². The number of likely N-dealkylation sites (N-methyl/N-ethyl adjacent to an activating group) is 2. The summed E-state index contributed by atoms with van der Waals surface area (Å²) < 4.78 is 19.3. The van der Waals surface area contributed by atoms with E-state index in [0.29, 0.717) is 150 Å². The fourth-order valence-electron chi connectivity index (χ4n) is 12.7. The average Bonchev–Trinajstić information content (AvgIpc) is 1.84. The van der Waals surface area contributed by atoms with Crippen molar-refractivity contribution in [1.82, 2.24) is 114 Å². The molecule has 0 unspecified atom stereocenters. The normalized spacial score (nSPS) is 17.7. The maximum atomic E-state index is 11.5. The second kappa shape index (κ2) is 79.4. The van der Waals surface area contributed by atoms with Crippen molar-refractivity contribution in [2.24, 2.45) is 0 Å². The Hall–Kier alpha value is -10.4. The molecule has 10 saturated heterocycles. The SMILES string of the molecule is C.C.C.C.C.C.C.CC(=O)N1CCN(C=O)CC1.CCOC(=O)N1CCN(C=O)CC1.CN(C)C(=O)CN1CCN(C=O)CC1.CN(C)C(=O)N1CCN(C=O)CC1.CNC(=O)CN1CCN(C=O)CC1.COC(=O)N1CCN(C=O)CC1.COCCCN1CCN(C=O)CC1.COCCN1CCN(C=O)CC1.O=CN1CCN(CC(=O)NC2CC2)CC1.[C-]#[N+]C1CN(C=O)C1. The summed E-state index contributed by atoms with van der Waals surface area (Å²) in [5.41, 5.74) is 0. The lowest BCUT2D eigenvalue weighted by Gasteiger charge is -2.33. The fraction of sp³-hybridized carbons (Fsp3) is 0.791. The second-order valence-electron chi connectivity index (χ2n) is 30.6. The minimum absolute atomic E-state index is 0. The fourth-order valence-corrected chi connectivity index (χ4v) is 12.7. The summed E-state index contributed by atoms with van der Waals surface area (Å²) in [6.07, 6.45) is 11.2. The van der Waals surface area contributed by atoms with E-state index in [0.717, 1.165) is 241 Å². The van der Waals surface area contributed by atoms with Gasteiger partial charge in [-0.3, -0.25) is 91.6 Å². The highest BCUT2D eigenvalue weighted by Gasteiger charge is 2.31. The van der Waals surface area contributed by atoms with Gasteiger partial charge in [-0.25, -0.2) is 21.0 Å². The Kier molecular flexibility index (Phi) is 79.6. The maximum Gasteiger partial charge on any atom is 0.409 e. The summed E-state index contributed by atoms with van der Waals surface area (Å²) in [6.45, 7) is 42.9. The minimum atomic E-state index is -0.319. The van der Waals surface area contributed by atoms with Crippen molar-refractivity contribution in [3.63, 3.8) is 0 Å². The van der Waals surface area contributed by atoms with Gasteiger partial charge in [-0.2, -0.15) is 0 Å². The van der Waals surface area contributed by atoms with E-state index < -0.39 is 0 Å². The molecule has 1 saturated carbocycles. The van der Waals surface area contributed by atoms with Crippen molar-refractivity contribution in [2.75, 3.05) is 358 Å². The van der Waals surface area contributed by atoms with Crippen molar-refractivity contribution in [3.8, 4) is 0 Å². The molecule has 45 heteroatoms. The standard InChI is InChI=1S/C10H17N3O2.C9H17N3O2.C9H18N2O2.2C8H15N3O2.C8H14N2O3.C8H16N2O2.C7H12N2O3.C7H12N2O2.C5H6N2O.7CH4/c14-8-13-5-3-12(4-6-13)7-10(15)11-9-1-2-9;1-10(2)9(14)7-11-3-5-12(8-13)6-4-11;1-13-8-2-3-10-4-6-11(9-12)7-5-10;1-9(2)8(13)11-5-3-10(7-12)4-6-11;1-9-8(13)6-10-2-4-11(7-12)5-3-10;1-2-13-8(12)10-5-3-9(7-11)4-6-10;1-12-7-6-9-2-4-10(8-11)5-3-9;1-12-7(11)9-4-2-8(6-10)3-5-9;1-7(11)9-4-2-8(6-10)3-5-9;1-6-5-2-7(3-5)4-8;;;;;;;/h8-9H,1-7H2,(H,11,15);8H,3-7H2,1-2H3;9H,2-8H2,1H3;7H,3-6H2,1-2H3;7H,2-6H2,1H3,(H,9,13);7H,2-6H2,1H3;8H,2-7H2,1H3;6H,2-5H2,1H3;6H,2-5H2,1H3;4-5H,2-3H2;7*1H4. The first-order valence-corrected chi connectivity index (χ1v) is 42.3. The van der Waals surface area contributed by atoms with E-state index in [9.17, 15) is 81.5 Å². The van der Waals surface area contributed by atoms with Gasteiger partial charge in [-0.1, -0.05) is 52.0 Å². The Morgan fingerprint density at radius 3 is 0.931 bits per heavy atom. The summed E-state index contributed by atoms with van der Waals surface area (Å²) in [4.78, 5) is 222. The number of rotatable bonds is 25. The number of hydrogen-bond donors (Lipinski definition) is 2. The van der Waals surface area contributed by atoms with E-state index in [1.165, 1.54) is 7.11 Å². The van der Waals surface area contributed by atoms with Crippen LogP contribution in [0.2, 0.25) is 0 Å². The highest BCUT2D eigenvalue weighted by molar-refractivity contribution is 5.79. The van der Waals surface area contributed by atoms with Gasteiger partial charge in [0, 0.05) is 318 Å². The molecule has 11 rings (SSSR count). The van der Waals surface area contributed by atoms with Crippen LogP contribution in [0.1, 0.15) is 85.1 Å². The van der Waals surface area contributed by atoms with Gasteiger partial charge in [0.2, 0.25) is 87.7 Å². The third-order valence-corrected chi connectivity index (χ3v) is 21.2. The average molecular weight is 1880 g/mol. The van der Waals surface area contributed by atoms with Crippen molar-refractivity contribution >= 4 is 106 Å². The number of nitrogens with zero attached hydrogens (tertiary/aromatic N) is 22. The first-order valence-electron chi connectivity index (χ1n) is 42.3. The van der Waals surface area contributed by atoms with Crippen LogP contribution in [0.4, 0.5) is 14.4 Å². The molecule has 11 aliphatic rings. The molecular formula is C86H170N24O21. The number of methoxy groups -OCH3 is 3. The van der Waals surface area contributed by atoms with Crippen molar-refractivity contribution < 1.29 is 100 Å². The van der Waals surface area contributed by atoms with Crippen LogP contribution in [0.25, 0.3) is 4.85 Å². The van der Waals surface area contributed by atoms with Crippen LogP contribution in [-0.4, -0.2) is 579 Å². The van der Waals surface area contributed by atoms with E-state index in [2.05, 4.69) is 39.8 Å². The lowest BCUT2D eigenvalue weighted by atomic mass is 10.1. The Labute approximate surface area is 783 Å². The largest absolute Gasteiger partial charge is 0.453 e. The van der Waals surface area contributed by atoms with E-state index in [4.69, 9.17) is 20.8 Å². The highest BCUT2D eigenvalue weighted by atomic mass is 16.6. The Morgan fingerprint density at radius 2 is 0.656 bits per heavy atom. The molecule has 0 atom stereocenters. The molecule has 0 aromatic carbocycles. The Bertz CT molecular complexity index is 3120. The number of amides is 18. The number of ether oxygens (including phenoxy) is 4. The van der Waals surface area contributed by atoms with Crippen LogP contribution in [0.3, 0.4) is 0 Å². The molecule has 10 heterocycles. The number of carbonyl (C=O) groups excluding carboxylic acids is 17. The van der Waals surface area contributed by atoms with E-state index in [1.807, 2.05) is 14.7 Å². The minimum Gasteiger partial charge on any atom is -0.453 e. The van der Waals surface area contributed by atoms with Crippen LogP contribution in [-0.2, 0) is 86.1 Å². The molecule has 18 amide bonds. The van der Waals surface area contributed by atoms with E-state index in [1.54, 1.807) is 132 Å². The van der Waals surface area contributed by atoms with Crippen molar-refractivity contribution in [2.45, 2.75) is 97.2 Å². The third-order valence-electron chi connectivity index (χ3n) is 21.2. The van der Waals surface area contributed by atoms with Gasteiger partial charge in [-0.15, -0.1) is 0 Å². The molecule has 11 fully saturated rings. The zero-order chi connectivity index (χ0) is 92.0. The molecule has 0 bridgehead atoms. The van der Waals surface area contributed by atoms with Gasteiger partial charge in [0.05, 0.1) is 53.0 Å². The third kappa shape index (κ3) is 58.2. The number of urea groups is 1. The molecule has 0 radical (unpaired) electrons. The predicted molar refractivity (Wildman–Crippen MR) is 504 cm³/mol. The molecule has 0 aromatic rings.